The van der Waals surface area contributed by atoms with Gasteiger partial charge in [0.1, 0.15) is 5.75 Å². The summed E-state index contributed by atoms with van der Waals surface area (Å²) in [4.78, 5) is 6.41. The average molecular weight is 285 g/mol. The van der Waals surface area contributed by atoms with E-state index in [1.807, 2.05) is 26.2 Å². The minimum absolute atomic E-state index is 0.255. The molecule has 88 valence electrons. The Morgan fingerprint density at radius 3 is 2.81 bits per heavy atom. The molecule has 0 unspecified atom stereocenters. The normalized spacial score (nSPS) is 11.5. The van der Waals surface area contributed by atoms with Gasteiger partial charge in [0.2, 0.25) is 0 Å². The predicted octanol–water partition coefficient (Wildman–Crippen LogP) is 2.53. The highest BCUT2D eigenvalue weighted by Gasteiger charge is 1.97. The first-order valence-electron chi connectivity index (χ1n) is 5.22. The lowest BCUT2D eigenvalue weighted by Gasteiger charge is -2.06. The SMILES string of the molecule is CN(C)CCCN=Cc1ccc(Br)cc1O. The molecular formula is C12H17BrN2O. The molecule has 1 aromatic carbocycles. The van der Waals surface area contributed by atoms with Crippen LogP contribution in [0.1, 0.15) is 12.0 Å². The van der Waals surface area contributed by atoms with Gasteiger partial charge in [-0.1, -0.05) is 15.9 Å². The van der Waals surface area contributed by atoms with Crippen LogP contribution in [0.2, 0.25) is 0 Å². The van der Waals surface area contributed by atoms with Gasteiger partial charge in [-0.25, -0.2) is 0 Å². The Bertz CT molecular complexity index is 364. The first kappa shape index (κ1) is 13.2. The van der Waals surface area contributed by atoms with Crippen LogP contribution in [-0.4, -0.2) is 43.4 Å². The minimum Gasteiger partial charge on any atom is -0.507 e. The van der Waals surface area contributed by atoms with Gasteiger partial charge in [0.15, 0.2) is 0 Å². The van der Waals surface area contributed by atoms with Crippen LogP contribution in [0.3, 0.4) is 0 Å². The third kappa shape index (κ3) is 4.77. The van der Waals surface area contributed by atoms with E-state index in [9.17, 15) is 5.11 Å². The molecule has 0 saturated heterocycles. The van der Waals surface area contributed by atoms with E-state index in [2.05, 4.69) is 25.8 Å². The van der Waals surface area contributed by atoms with Crippen molar-refractivity contribution in [2.24, 2.45) is 4.99 Å². The lowest BCUT2D eigenvalue weighted by Crippen LogP contribution is -2.13. The summed E-state index contributed by atoms with van der Waals surface area (Å²) in [7, 11) is 4.09. The molecule has 0 radical (unpaired) electrons. The maximum absolute atomic E-state index is 9.61. The van der Waals surface area contributed by atoms with E-state index in [1.165, 1.54) is 0 Å². The molecule has 0 amide bonds. The molecule has 0 bridgehead atoms. The molecule has 0 aromatic heterocycles. The van der Waals surface area contributed by atoms with Gasteiger partial charge in [0.25, 0.3) is 0 Å². The average Bonchev–Trinajstić information content (AvgIpc) is 2.20. The topological polar surface area (TPSA) is 35.8 Å². The minimum atomic E-state index is 0.255. The van der Waals surface area contributed by atoms with E-state index < -0.39 is 0 Å². The van der Waals surface area contributed by atoms with Crippen LogP contribution in [0.4, 0.5) is 0 Å². The van der Waals surface area contributed by atoms with Gasteiger partial charge in [0.05, 0.1) is 0 Å². The van der Waals surface area contributed by atoms with Crippen LogP contribution in [-0.2, 0) is 0 Å². The summed E-state index contributed by atoms with van der Waals surface area (Å²) in [5, 5.41) is 9.61. The largest absolute Gasteiger partial charge is 0.507 e. The summed E-state index contributed by atoms with van der Waals surface area (Å²) in [5.41, 5.74) is 0.757. The summed E-state index contributed by atoms with van der Waals surface area (Å²) in [6, 6.07) is 5.40. The van der Waals surface area contributed by atoms with E-state index in [-0.39, 0.29) is 5.75 Å². The van der Waals surface area contributed by atoms with Crippen molar-refractivity contribution >= 4 is 22.1 Å². The van der Waals surface area contributed by atoms with E-state index in [1.54, 1.807) is 12.3 Å². The second-order valence-corrected chi connectivity index (χ2v) is 4.81. The molecule has 16 heavy (non-hydrogen) atoms. The van der Waals surface area contributed by atoms with Gasteiger partial charge in [-0.15, -0.1) is 0 Å². The third-order valence-electron chi connectivity index (χ3n) is 2.12. The Hall–Kier alpha value is -0.870. The van der Waals surface area contributed by atoms with Crippen molar-refractivity contribution in [3.05, 3.63) is 28.2 Å². The molecule has 0 aliphatic carbocycles. The van der Waals surface area contributed by atoms with E-state index >= 15 is 0 Å². The summed E-state index contributed by atoms with van der Waals surface area (Å²) in [6.07, 6.45) is 2.75. The number of aliphatic imine (C=N–C) groups is 1. The lowest BCUT2D eigenvalue weighted by molar-refractivity contribution is 0.403. The Balaban J connectivity index is 2.44. The molecule has 0 aliphatic rings. The third-order valence-corrected chi connectivity index (χ3v) is 2.61. The van der Waals surface area contributed by atoms with E-state index in [0.717, 1.165) is 29.5 Å². The van der Waals surface area contributed by atoms with Gasteiger partial charge < -0.3 is 10.0 Å². The summed E-state index contributed by atoms with van der Waals surface area (Å²) in [6.45, 7) is 1.82. The van der Waals surface area contributed by atoms with Gasteiger partial charge in [-0.3, -0.25) is 4.99 Å². The number of halogens is 1. The molecule has 0 saturated carbocycles. The monoisotopic (exact) mass is 284 g/mol. The Morgan fingerprint density at radius 2 is 2.19 bits per heavy atom. The van der Waals surface area contributed by atoms with Crippen LogP contribution in [0, 0.1) is 0 Å². The highest BCUT2D eigenvalue weighted by molar-refractivity contribution is 9.10. The molecule has 0 heterocycles. The Morgan fingerprint density at radius 1 is 1.44 bits per heavy atom. The van der Waals surface area contributed by atoms with Crippen LogP contribution in [0.25, 0.3) is 0 Å². The maximum Gasteiger partial charge on any atom is 0.125 e. The zero-order chi connectivity index (χ0) is 12.0. The summed E-state index contributed by atoms with van der Waals surface area (Å²) < 4.78 is 0.870. The van der Waals surface area contributed by atoms with Crippen LogP contribution in [0.5, 0.6) is 5.75 Å². The van der Waals surface area contributed by atoms with E-state index in [0.29, 0.717) is 0 Å². The maximum atomic E-state index is 9.61. The van der Waals surface area contributed by atoms with Crippen LogP contribution >= 0.6 is 15.9 Å². The van der Waals surface area contributed by atoms with Crippen molar-refractivity contribution in [2.45, 2.75) is 6.42 Å². The number of hydrogen-bond donors (Lipinski definition) is 1. The lowest BCUT2D eigenvalue weighted by atomic mass is 10.2. The van der Waals surface area contributed by atoms with E-state index in [4.69, 9.17) is 0 Å². The van der Waals surface area contributed by atoms with Crippen LogP contribution in [0.15, 0.2) is 27.7 Å². The molecule has 0 spiro atoms. The number of phenols is 1. The fraction of sp³-hybridized carbons (Fsp3) is 0.417. The summed E-state index contributed by atoms with van der Waals surface area (Å²) in [5.74, 6) is 0.255. The van der Waals surface area contributed by atoms with Gasteiger partial charge >= 0.3 is 0 Å². The van der Waals surface area contributed by atoms with Crippen molar-refractivity contribution in [1.82, 2.24) is 4.90 Å². The number of benzene rings is 1. The highest BCUT2D eigenvalue weighted by atomic mass is 79.9. The number of aromatic hydroxyl groups is 1. The quantitative estimate of drug-likeness (QED) is 0.666. The predicted molar refractivity (Wildman–Crippen MR) is 71.4 cm³/mol. The zero-order valence-electron chi connectivity index (χ0n) is 9.65. The van der Waals surface area contributed by atoms with Crippen molar-refractivity contribution < 1.29 is 5.11 Å². The number of nitrogens with zero attached hydrogens (tertiary/aromatic N) is 2. The molecule has 4 heteroatoms. The Kier molecular flexibility index (Phi) is 5.49. The van der Waals surface area contributed by atoms with Crippen molar-refractivity contribution in [3.8, 4) is 5.75 Å². The van der Waals surface area contributed by atoms with Gasteiger partial charge in [0, 0.05) is 22.8 Å². The Labute approximate surface area is 105 Å². The molecule has 0 aliphatic heterocycles. The van der Waals surface area contributed by atoms with Crippen molar-refractivity contribution in [2.75, 3.05) is 27.2 Å². The highest BCUT2D eigenvalue weighted by Crippen LogP contribution is 2.20. The second kappa shape index (κ2) is 6.66. The molecule has 1 N–H and O–H groups in total. The smallest absolute Gasteiger partial charge is 0.125 e. The molecular weight excluding hydrogens is 268 g/mol. The molecule has 1 aromatic rings. The standard InChI is InChI=1S/C12H17BrN2O/c1-15(2)7-3-6-14-9-10-4-5-11(13)8-12(10)16/h4-5,8-9,16H,3,6-7H2,1-2H3. The van der Waals surface area contributed by atoms with Crippen molar-refractivity contribution in [3.63, 3.8) is 0 Å². The number of hydrogen-bond acceptors (Lipinski definition) is 3. The first-order chi connectivity index (χ1) is 7.59. The van der Waals surface area contributed by atoms with Crippen LogP contribution < -0.4 is 0 Å². The fourth-order valence-electron chi connectivity index (χ4n) is 1.27. The molecule has 1 rings (SSSR count). The second-order valence-electron chi connectivity index (χ2n) is 3.90. The molecule has 0 atom stereocenters. The first-order valence-corrected chi connectivity index (χ1v) is 6.02. The van der Waals surface area contributed by atoms with Gasteiger partial charge in [-0.2, -0.15) is 0 Å². The molecule has 3 nitrogen and oxygen atoms in total. The van der Waals surface area contributed by atoms with Gasteiger partial charge in [-0.05, 0) is 45.3 Å². The number of phenolic OH excluding ortho intramolecular Hbond substituents is 1. The fourth-order valence-corrected chi connectivity index (χ4v) is 1.62. The number of rotatable bonds is 5. The molecule has 0 fully saturated rings. The zero-order valence-corrected chi connectivity index (χ0v) is 11.2. The van der Waals surface area contributed by atoms with Crippen molar-refractivity contribution in [1.29, 1.82) is 0 Å². The summed E-state index contributed by atoms with van der Waals surface area (Å²) >= 11 is 3.30.